The van der Waals surface area contributed by atoms with E-state index in [0.717, 1.165) is 24.8 Å². The van der Waals surface area contributed by atoms with Gasteiger partial charge in [0.25, 0.3) is 5.91 Å². The molecule has 62 heavy (non-hydrogen) atoms. The molecule has 3 aromatic carbocycles. The number of halogens is 3. The van der Waals surface area contributed by atoms with Crippen LogP contribution in [0.2, 0.25) is 10.0 Å². The van der Waals surface area contributed by atoms with Gasteiger partial charge in [-0.25, -0.2) is 4.39 Å². The minimum atomic E-state index is -1.32. The highest BCUT2D eigenvalue weighted by Crippen LogP contribution is 2.63. The second-order valence-corrected chi connectivity index (χ2v) is 18.2. The van der Waals surface area contributed by atoms with Crippen molar-refractivity contribution in [1.82, 2.24) is 25.8 Å². The third kappa shape index (κ3) is 7.04. The van der Waals surface area contributed by atoms with Gasteiger partial charge < -0.3 is 20.4 Å². The predicted octanol–water partition coefficient (Wildman–Crippen LogP) is 5.73. The van der Waals surface area contributed by atoms with E-state index < -0.39 is 40.7 Å². The number of rotatable bonds is 7. The molecule has 322 valence electrons. The average Bonchev–Trinajstić information content (AvgIpc) is 3.86. The van der Waals surface area contributed by atoms with E-state index in [1.807, 2.05) is 12.1 Å². The number of imide groups is 1. The molecule has 1 saturated carbocycles. The van der Waals surface area contributed by atoms with Crippen LogP contribution in [0.1, 0.15) is 109 Å². The lowest BCUT2D eigenvalue weighted by Crippen LogP contribution is -2.60. The number of benzene rings is 3. The van der Waals surface area contributed by atoms with Crippen molar-refractivity contribution < 1.29 is 33.2 Å². The zero-order valence-corrected chi connectivity index (χ0v) is 35.6. The summed E-state index contributed by atoms with van der Waals surface area (Å²) in [5.74, 6) is 2.80. The van der Waals surface area contributed by atoms with Crippen LogP contribution < -0.4 is 21.3 Å². The number of amides is 6. The van der Waals surface area contributed by atoms with Crippen LogP contribution in [0.3, 0.4) is 0 Å². The van der Waals surface area contributed by atoms with Gasteiger partial charge in [0, 0.05) is 78.2 Å². The second kappa shape index (κ2) is 16.8. The zero-order valence-electron chi connectivity index (χ0n) is 34.1. The number of fused-ring (bicyclic) bond motifs is 4. The molecule has 5 heterocycles. The van der Waals surface area contributed by atoms with Gasteiger partial charge in [0.2, 0.25) is 29.5 Å². The monoisotopic (exact) mass is 880 g/mol. The summed E-state index contributed by atoms with van der Waals surface area (Å²) < 4.78 is 16.3. The minimum Gasteiger partial charge on any atom is -0.356 e. The van der Waals surface area contributed by atoms with Gasteiger partial charge >= 0.3 is 0 Å². The number of likely N-dealkylation sites (tertiary alicyclic amines) is 1. The first-order valence-electron chi connectivity index (χ1n) is 21.6. The maximum atomic E-state index is 16.3. The molecule has 0 aromatic heterocycles. The normalized spacial score (nSPS) is 25.3. The Labute approximate surface area is 369 Å². The molecular weight excluding hydrogens is 834 g/mol. The average molecular weight is 882 g/mol. The van der Waals surface area contributed by atoms with Crippen molar-refractivity contribution in [1.29, 1.82) is 0 Å². The molecule has 4 fully saturated rings. The number of carbonyl (C=O) groups is 6. The van der Waals surface area contributed by atoms with Gasteiger partial charge in [0.1, 0.15) is 17.3 Å². The van der Waals surface area contributed by atoms with Gasteiger partial charge in [-0.1, -0.05) is 78.6 Å². The predicted molar refractivity (Wildman–Crippen MR) is 230 cm³/mol. The number of hydrogen-bond donors (Lipinski definition) is 4. The Bertz CT molecular complexity index is 2460. The van der Waals surface area contributed by atoms with Gasteiger partial charge in [0.15, 0.2) is 0 Å². The molecule has 1 aliphatic carbocycles. The lowest BCUT2D eigenvalue weighted by Gasteiger charge is -2.47. The van der Waals surface area contributed by atoms with Crippen molar-refractivity contribution in [2.24, 2.45) is 5.92 Å². The highest BCUT2D eigenvalue weighted by molar-refractivity contribution is 6.31. The fraction of sp³-hybridized carbons (Fsp3) is 0.447. The van der Waals surface area contributed by atoms with Crippen LogP contribution in [0.5, 0.6) is 0 Å². The molecular formula is C47H47Cl2FN6O6. The SMILES string of the molecule is O=C1CCC(N2Cc3c(C#CCCCNC(=O)C4CCN(C(=O)[C@@H]5NC6(CCCCC6)[C@@]6(C(=O)Nc7cc(Cl)ccc76)[C@H]5c5cccc(Cl)c5F)CC4)cccc3C2=O)C(=O)N1. The minimum absolute atomic E-state index is 0.0841. The number of piperidine rings is 2. The molecule has 2 spiro atoms. The highest BCUT2D eigenvalue weighted by atomic mass is 35.5. The molecule has 4 N–H and O–H groups in total. The summed E-state index contributed by atoms with van der Waals surface area (Å²) in [4.78, 5) is 83.4. The Balaban J connectivity index is 0.842. The van der Waals surface area contributed by atoms with Crippen LogP contribution in [0, 0.1) is 23.6 Å². The summed E-state index contributed by atoms with van der Waals surface area (Å²) in [5.41, 5.74) is 1.28. The molecule has 1 unspecified atom stereocenters. The van der Waals surface area contributed by atoms with Crippen LogP contribution >= 0.6 is 23.2 Å². The second-order valence-electron chi connectivity index (χ2n) is 17.4. The Morgan fingerprint density at radius 3 is 2.48 bits per heavy atom. The molecule has 0 bridgehead atoms. The van der Waals surface area contributed by atoms with E-state index in [1.165, 1.54) is 11.0 Å². The van der Waals surface area contributed by atoms with Crippen LogP contribution in [0.25, 0.3) is 0 Å². The lowest BCUT2D eigenvalue weighted by molar-refractivity contribution is -0.138. The van der Waals surface area contributed by atoms with Gasteiger partial charge in [-0.05, 0) is 85.5 Å². The molecule has 0 radical (unpaired) electrons. The largest absolute Gasteiger partial charge is 0.356 e. The molecule has 4 atom stereocenters. The van der Waals surface area contributed by atoms with E-state index in [-0.39, 0.29) is 65.4 Å². The number of nitrogens with zero attached hydrogens (tertiary/aromatic N) is 2. The number of anilines is 1. The number of hydrogen-bond acceptors (Lipinski definition) is 7. The number of unbranched alkanes of at least 4 members (excludes halogenated alkanes) is 1. The Morgan fingerprint density at radius 2 is 1.71 bits per heavy atom. The van der Waals surface area contributed by atoms with E-state index in [4.69, 9.17) is 23.2 Å². The van der Waals surface area contributed by atoms with E-state index in [9.17, 15) is 28.8 Å². The highest BCUT2D eigenvalue weighted by Gasteiger charge is 2.72. The maximum Gasteiger partial charge on any atom is 0.255 e. The quantitative estimate of drug-likeness (QED) is 0.134. The smallest absolute Gasteiger partial charge is 0.255 e. The lowest BCUT2D eigenvalue weighted by atomic mass is 9.55. The first-order valence-corrected chi connectivity index (χ1v) is 22.3. The van der Waals surface area contributed by atoms with Crippen LogP contribution in [0.15, 0.2) is 54.6 Å². The van der Waals surface area contributed by atoms with Gasteiger partial charge in [-0.15, -0.1) is 0 Å². The molecule has 3 saturated heterocycles. The van der Waals surface area contributed by atoms with Crippen molar-refractivity contribution in [2.45, 2.75) is 106 Å². The standard InChI is InChI=1S/C47H47Cl2FN6O6/c48-29-14-15-33-35(25-29)52-45(62)47(33)38(31-12-8-13-34(49)39(31)50)40(54-46(47)20-4-2-5-21-46)44(61)55-23-18-28(19-24-55)41(58)51-22-6-1-3-9-27-10-7-11-30-32(27)26-56(43(30)60)36-16-17-37(57)53-42(36)59/h7-8,10-15,25,28,36,38,40,54H,1-2,4-6,16-24,26H2,(H,51,58)(H,52,62)(H,53,57,59)/t36?,38-,40+,47+/m0/s1. The first kappa shape index (κ1) is 42.0. The Kier molecular flexibility index (Phi) is 11.4. The van der Waals surface area contributed by atoms with E-state index in [1.54, 1.807) is 41.3 Å². The summed E-state index contributed by atoms with van der Waals surface area (Å²) >= 11 is 12.8. The molecule has 5 aliphatic heterocycles. The molecule has 6 amide bonds. The molecule has 12 nitrogen and oxygen atoms in total. The summed E-state index contributed by atoms with van der Waals surface area (Å²) in [6.45, 7) is 1.31. The fourth-order valence-electron chi connectivity index (χ4n) is 11.2. The molecule has 9 rings (SSSR count). The maximum absolute atomic E-state index is 16.3. The van der Waals surface area contributed by atoms with E-state index in [2.05, 4.69) is 33.1 Å². The number of nitrogens with one attached hydrogen (secondary N) is 4. The van der Waals surface area contributed by atoms with Crippen LogP contribution in [0.4, 0.5) is 10.1 Å². The fourth-order valence-corrected chi connectivity index (χ4v) is 11.5. The van der Waals surface area contributed by atoms with Crippen molar-refractivity contribution in [3.8, 4) is 11.8 Å². The third-order valence-electron chi connectivity index (χ3n) is 14.0. The van der Waals surface area contributed by atoms with Gasteiger partial charge in [0.05, 0.1) is 11.1 Å². The van der Waals surface area contributed by atoms with Gasteiger partial charge in [-0.3, -0.25) is 39.4 Å². The topological polar surface area (TPSA) is 157 Å². The van der Waals surface area contributed by atoms with Crippen LogP contribution in [-0.4, -0.2) is 82.5 Å². The summed E-state index contributed by atoms with van der Waals surface area (Å²) in [6.07, 6.45) is 6.39. The molecule has 6 aliphatic rings. The molecule has 3 aromatic rings. The van der Waals surface area contributed by atoms with Crippen molar-refractivity contribution in [2.75, 3.05) is 25.0 Å². The van der Waals surface area contributed by atoms with E-state index >= 15 is 4.39 Å². The van der Waals surface area contributed by atoms with Gasteiger partial charge in [-0.2, -0.15) is 0 Å². The van der Waals surface area contributed by atoms with Crippen molar-refractivity contribution >= 4 is 64.3 Å². The zero-order chi connectivity index (χ0) is 43.3. The third-order valence-corrected chi connectivity index (χ3v) is 14.6. The van der Waals surface area contributed by atoms with E-state index in [0.29, 0.717) is 85.6 Å². The Hall–Kier alpha value is -5.29. The first-order chi connectivity index (χ1) is 29.9. The Morgan fingerprint density at radius 1 is 0.935 bits per heavy atom. The molecule has 15 heteroatoms. The van der Waals surface area contributed by atoms with Crippen molar-refractivity contribution in [3.05, 3.63) is 98.3 Å². The summed E-state index contributed by atoms with van der Waals surface area (Å²) in [7, 11) is 0. The number of carbonyl (C=O) groups excluding carboxylic acids is 6. The van der Waals surface area contributed by atoms with Crippen molar-refractivity contribution in [3.63, 3.8) is 0 Å². The summed E-state index contributed by atoms with van der Waals surface area (Å²) in [5, 5.41) is 12.5. The summed E-state index contributed by atoms with van der Waals surface area (Å²) in [6, 6.07) is 13.7. The van der Waals surface area contributed by atoms with Crippen LogP contribution in [-0.2, 0) is 35.9 Å².